The number of amides is 1. The normalized spacial score (nSPS) is 20.6. The summed E-state index contributed by atoms with van der Waals surface area (Å²) < 4.78 is 5.24. The van der Waals surface area contributed by atoms with Gasteiger partial charge in [0.15, 0.2) is 0 Å². The topological polar surface area (TPSA) is 38.3 Å². The summed E-state index contributed by atoms with van der Waals surface area (Å²) in [5, 5.41) is 2.93. The van der Waals surface area contributed by atoms with Gasteiger partial charge in [-0.15, -0.1) is 0 Å². The van der Waals surface area contributed by atoms with Crippen LogP contribution in [0.25, 0.3) is 0 Å². The predicted octanol–water partition coefficient (Wildman–Crippen LogP) is 1.65. The van der Waals surface area contributed by atoms with Crippen molar-refractivity contribution in [3.05, 3.63) is 29.8 Å². The molecule has 1 aliphatic rings. The molecule has 1 fully saturated rings. The molecule has 0 saturated carbocycles. The summed E-state index contributed by atoms with van der Waals surface area (Å²) >= 11 is 0. The van der Waals surface area contributed by atoms with Gasteiger partial charge in [-0.3, -0.25) is 4.79 Å². The minimum atomic E-state index is 0.124. The maximum absolute atomic E-state index is 11.1. The Labute approximate surface area is 83.1 Å². The van der Waals surface area contributed by atoms with E-state index in [9.17, 15) is 4.79 Å². The van der Waals surface area contributed by atoms with Crippen molar-refractivity contribution in [3.63, 3.8) is 0 Å². The minimum absolute atomic E-state index is 0.124. The zero-order valence-corrected chi connectivity index (χ0v) is 8.12. The third-order valence-electron chi connectivity index (χ3n) is 2.51. The first-order chi connectivity index (χ1) is 6.81. The Morgan fingerprint density at radius 1 is 1.43 bits per heavy atom. The minimum Gasteiger partial charge on any atom is -0.496 e. The van der Waals surface area contributed by atoms with Crippen LogP contribution in [0.3, 0.4) is 0 Å². The van der Waals surface area contributed by atoms with Crippen LogP contribution in [0.5, 0.6) is 5.75 Å². The van der Waals surface area contributed by atoms with Crippen LogP contribution < -0.4 is 10.1 Å². The molecule has 0 unspecified atom stereocenters. The molecular formula is C11H13NO2. The van der Waals surface area contributed by atoms with E-state index >= 15 is 0 Å². The van der Waals surface area contributed by atoms with Gasteiger partial charge in [0.1, 0.15) is 5.75 Å². The molecular weight excluding hydrogens is 178 g/mol. The Kier molecular flexibility index (Phi) is 2.39. The van der Waals surface area contributed by atoms with Crippen molar-refractivity contribution in [1.82, 2.24) is 5.32 Å². The first-order valence-electron chi connectivity index (χ1n) is 4.73. The largest absolute Gasteiger partial charge is 0.496 e. The molecule has 1 aromatic carbocycles. The fourth-order valence-corrected chi connectivity index (χ4v) is 1.80. The lowest BCUT2D eigenvalue weighted by Crippen LogP contribution is -2.18. The molecule has 0 bridgehead atoms. The van der Waals surface area contributed by atoms with Crippen molar-refractivity contribution in [2.45, 2.75) is 18.9 Å². The molecule has 74 valence electrons. The lowest BCUT2D eigenvalue weighted by atomic mass is 10.0. The molecule has 3 nitrogen and oxygen atoms in total. The van der Waals surface area contributed by atoms with Gasteiger partial charge in [-0.1, -0.05) is 18.2 Å². The molecule has 1 aliphatic heterocycles. The summed E-state index contributed by atoms with van der Waals surface area (Å²) in [6, 6.07) is 7.93. The van der Waals surface area contributed by atoms with Crippen molar-refractivity contribution in [1.29, 1.82) is 0 Å². The van der Waals surface area contributed by atoms with Gasteiger partial charge < -0.3 is 10.1 Å². The third kappa shape index (κ3) is 1.58. The molecule has 0 aromatic heterocycles. The monoisotopic (exact) mass is 191 g/mol. The fraction of sp³-hybridized carbons (Fsp3) is 0.364. The maximum Gasteiger partial charge on any atom is 0.220 e. The number of methoxy groups -OCH3 is 1. The second kappa shape index (κ2) is 3.70. The lowest BCUT2D eigenvalue weighted by molar-refractivity contribution is -0.119. The van der Waals surface area contributed by atoms with E-state index in [4.69, 9.17) is 4.74 Å². The van der Waals surface area contributed by atoms with Crippen LogP contribution in [0.1, 0.15) is 24.4 Å². The molecule has 0 radical (unpaired) electrons. The van der Waals surface area contributed by atoms with Crippen molar-refractivity contribution in [2.75, 3.05) is 7.11 Å². The molecule has 1 heterocycles. The number of hydrogen-bond donors (Lipinski definition) is 1. The highest BCUT2D eigenvalue weighted by Gasteiger charge is 2.24. The highest BCUT2D eigenvalue weighted by molar-refractivity contribution is 5.78. The number of nitrogens with one attached hydrogen (secondary N) is 1. The second-order valence-corrected chi connectivity index (χ2v) is 3.40. The Bertz CT molecular complexity index is 349. The quantitative estimate of drug-likeness (QED) is 0.771. The SMILES string of the molecule is COc1ccccc1[C@H]1CCC(=O)N1. The van der Waals surface area contributed by atoms with Gasteiger partial charge in [0.25, 0.3) is 0 Å². The summed E-state index contributed by atoms with van der Waals surface area (Å²) in [7, 11) is 1.65. The van der Waals surface area contributed by atoms with Crippen molar-refractivity contribution < 1.29 is 9.53 Å². The highest BCUT2D eigenvalue weighted by atomic mass is 16.5. The number of carbonyl (C=O) groups excluding carboxylic acids is 1. The smallest absolute Gasteiger partial charge is 0.220 e. The van der Waals surface area contributed by atoms with Crippen LogP contribution in [0.2, 0.25) is 0 Å². The third-order valence-corrected chi connectivity index (χ3v) is 2.51. The van der Waals surface area contributed by atoms with Crippen LogP contribution in [-0.2, 0) is 4.79 Å². The van der Waals surface area contributed by atoms with Crippen molar-refractivity contribution in [3.8, 4) is 5.75 Å². The Balaban J connectivity index is 2.27. The van der Waals surface area contributed by atoms with E-state index < -0.39 is 0 Å². The van der Waals surface area contributed by atoms with Gasteiger partial charge in [-0.2, -0.15) is 0 Å². The summed E-state index contributed by atoms with van der Waals surface area (Å²) in [6.45, 7) is 0. The van der Waals surface area contributed by atoms with E-state index in [1.807, 2.05) is 24.3 Å². The number of hydrogen-bond acceptors (Lipinski definition) is 2. The number of rotatable bonds is 2. The average molecular weight is 191 g/mol. The fourth-order valence-electron chi connectivity index (χ4n) is 1.80. The molecule has 14 heavy (non-hydrogen) atoms. The summed E-state index contributed by atoms with van der Waals surface area (Å²) in [5.41, 5.74) is 1.07. The summed E-state index contributed by atoms with van der Waals surface area (Å²) in [5.74, 6) is 0.973. The zero-order valence-electron chi connectivity index (χ0n) is 8.12. The summed E-state index contributed by atoms with van der Waals surface area (Å²) in [6.07, 6.45) is 1.47. The Hall–Kier alpha value is -1.51. The van der Waals surface area contributed by atoms with E-state index in [1.54, 1.807) is 7.11 Å². The first kappa shape index (κ1) is 9.06. The number of carbonyl (C=O) groups is 1. The van der Waals surface area contributed by atoms with Crippen molar-refractivity contribution >= 4 is 5.91 Å². The van der Waals surface area contributed by atoms with Crippen molar-refractivity contribution in [2.24, 2.45) is 0 Å². The molecule has 0 aliphatic carbocycles. The van der Waals surface area contributed by atoms with Gasteiger partial charge in [-0.05, 0) is 12.5 Å². The van der Waals surface area contributed by atoms with Crippen LogP contribution in [-0.4, -0.2) is 13.0 Å². The Morgan fingerprint density at radius 2 is 2.21 bits per heavy atom. The molecule has 1 amide bonds. The molecule has 1 N–H and O–H groups in total. The molecule has 1 atom stereocenters. The highest BCUT2D eigenvalue weighted by Crippen LogP contribution is 2.30. The van der Waals surface area contributed by atoms with E-state index in [2.05, 4.69) is 5.32 Å². The van der Waals surface area contributed by atoms with Gasteiger partial charge in [0, 0.05) is 12.0 Å². The second-order valence-electron chi connectivity index (χ2n) is 3.40. The van der Waals surface area contributed by atoms with Gasteiger partial charge in [-0.25, -0.2) is 0 Å². The molecule has 3 heteroatoms. The van der Waals surface area contributed by atoms with Crippen LogP contribution in [0.4, 0.5) is 0 Å². The molecule has 0 spiro atoms. The van der Waals surface area contributed by atoms with E-state index in [0.717, 1.165) is 17.7 Å². The van der Waals surface area contributed by atoms with Gasteiger partial charge in [0.05, 0.1) is 13.2 Å². The number of benzene rings is 1. The van der Waals surface area contributed by atoms with E-state index in [0.29, 0.717) is 6.42 Å². The molecule has 1 aromatic rings. The average Bonchev–Trinajstić information content (AvgIpc) is 2.65. The maximum atomic E-state index is 11.1. The Morgan fingerprint density at radius 3 is 2.86 bits per heavy atom. The standard InChI is InChI=1S/C11H13NO2/c1-14-10-5-3-2-4-8(10)9-6-7-11(13)12-9/h2-5,9H,6-7H2,1H3,(H,12,13)/t9-/m1/s1. The first-order valence-corrected chi connectivity index (χ1v) is 4.73. The molecule has 1 saturated heterocycles. The van der Waals surface area contributed by atoms with Gasteiger partial charge in [0.2, 0.25) is 5.91 Å². The van der Waals surface area contributed by atoms with Crippen LogP contribution in [0, 0.1) is 0 Å². The number of ether oxygens (including phenoxy) is 1. The van der Waals surface area contributed by atoms with E-state index in [-0.39, 0.29) is 11.9 Å². The van der Waals surface area contributed by atoms with E-state index in [1.165, 1.54) is 0 Å². The number of para-hydroxylation sites is 1. The predicted molar refractivity (Wildman–Crippen MR) is 53.1 cm³/mol. The zero-order chi connectivity index (χ0) is 9.97. The van der Waals surface area contributed by atoms with Gasteiger partial charge >= 0.3 is 0 Å². The molecule has 2 rings (SSSR count). The summed E-state index contributed by atoms with van der Waals surface area (Å²) in [4.78, 5) is 11.1. The van der Waals surface area contributed by atoms with Crippen LogP contribution >= 0.6 is 0 Å². The van der Waals surface area contributed by atoms with Crippen LogP contribution in [0.15, 0.2) is 24.3 Å². The lowest BCUT2D eigenvalue weighted by Gasteiger charge is -2.13.